The summed E-state index contributed by atoms with van der Waals surface area (Å²) in [5, 5.41) is 12.2. The van der Waals surface area contributed by atoms with Crippen molar-refractivity contribution in [2.45, 2.75) is 65.3 Å². The number of ether oxygens (including phenoxy) is 2. The summed E-state index contributed by atoms with van der Waals surface area (Å²) in [6.45, 7) is 5.05. The first kappa shape index (κ1) is 27.0. The van der Waals surface area contributed by atoms with Crippen molar-refractivity contribution >= 4 is 46.8 Å². The SMILES string of the molecule is CC(C)OC(=O)CCSP(=O)(CO[C@H](C)Cn1cnc2c(N)ncnc21)NC(C)(C)C(=O)O. The van der Waals surface area contributed by atoms with Gasteiger partial charge in [0.15, 0.2) is 11.5 Å². The second kappa shape index (κ2) is 11.3. The first-order valence-electron chi connectivity index (χ1n) is 10.3. The number of nitrogens with one attached hydrogen (secondary N) is 1. The fourth-order valence-corrected chi connectivity index (χ4v) is 7.36. The van der Waals surface area contributed by atoms with Crippen LogP contribution in [0.4, 0.5) is 5.82 Å². The number of carbonyl (C=O) groups excluding carboxylic acids is 1. The van der Waals surface area contributed by atoms with Gasteiger partial charge in [-0.1, -0.05) is 11.4 Å². The summed E-state index contributed by atoms with van der Waals surface area (Å²) in [6.07, 6.45) is 2.05. The van der Waals surface area contributed by atoms with E-state index in [-0.39, 0.29) is 30.4 Å². The molecular weight excluding hydrogens is 471 g/mol. The van der Waals surface area contributed by atoms with Gasteiger partial charge in [0.2, 0.25) is 6.49 Å². The zero-order chi connectivity index (χ0) is 24.8. The normalized spacial score (nSPS) is 14.8. The predicted molar refractivity (Wildman–Crippen MR) is 126 cm³/mol. The Balaban J connectivity index is 2.04. The summed E-state index contributed by atoms with van der Waals surface area (Å²) in [5.41, 5.74) is 5.37. The van der Waals surface area contributed by atoms with Gasteiger partial charge in [0.05, 0.1) is 31.5 Å². The quantitative estimate of drug-likeness (QED) is 0.270. The molecule has 0 saturated heterocycles. The second-order valence-electron chi connectivity index (χ2n) is 8.27. The smallest absolute Gasteiger partial charge is 0.323 e. The molecule has 0 radical (unpaired) electrons. The van der Waals surface area contributed by atoms with Gasteiger partial charge >= 0.3 is 11.9 Å². The fourth-order valence-electron chi connectivity index (χ4n) is 2.76. The Morgan fingerprint density at radius 3 is 2.64 bits per heavy atom. The molecule has 0 aliphatic heterocycles. The second-order valence-corrected chi connectivity index (χ2v) is 13.3. The van der Waals surface area contributed by atoms with Crippen molar-refractivity contribution in [2.24, 2.45) is 0 Å². The van der Waals surface area contributed by atoms with E-state index in [4.69, 9.17) is 15.2 Å². The highest BCUT2D eigenvalue weighted by Crippen LogP contribution is 2.56. The van der Waals surface area contributed by atoms with Crippen molar-refractivity contribution in [3.8, 4) is 0 Å². The van der Waals surface area contributed by atoms with E-state index in [2.05, 4.69) is 20.0 Å². The number of carboxylic acid groups (broad SMARTS) is 1. The van der Waals surface area contributed by atoms with Gasteiger partial charge < -0.3 is 24.9 Å². The van der Waals surface area contributed by atoms with Gasteiger partial charge in [-0.2, -0.15) is 0 Å². The van der Waals surface area contributed by atoms with Crippen molar-refractivity contribution in [3.05, 3.63) is 12.7 Å². The monoisotopic (exact) mass is 502 g/mol. The molecule has 2 heterocycles. The first-order chi connectivity index (χ1) is 15.3. The fraction of sp³-hybridized carbons (Fsp3) is 0.632. The summed E-state index contributed by atoms with van der Waals surface area (Å²) in [7, 11) is 0. The zero-order valence-electron chi connectivity index (χ0n) is 19.3. The highest BCUT2D eigenvalue weighted by Gasteiger charge is 2.37. The van der Waals surface area contributed by atoms with Crippen LogP contribution < -0.4 is 10.8 Å². The lowest BCUT2D eigenvalue weighted by Gasteiger charge is -2.29. The molecule has 0 aliphatic carbocycles. The molecule has 1 unspecified atom stereocenters. The minimum Gasteiger partial charge on any atom is -0.480 e. The standard InChI is InChI=1S/C19H31N6O6PS/c1-12(2)31-14(26)6-7-33-32(29,24-19(4,5)18(27)28)11-30-13(3)8-25-10-23-15-16(20)21-9-22-17(15)25/h9-10,12-13H,6-8,11H2,1-5H3,(H,24,29)(H,27,28)(H2,20,21,22)/t13-,32?/m1/s1. The molecule has 0 aromatic carbocycles. The van der Waals surface area contributed by atoms with Gasteiger partial charge in [0, 0.05) is 5.75 Å². The largest absolute Gasteiger partial charge is 0.480 e. The Morgan fingerprint density at radius 1 is 1.30 bits per heavy atom. The Labute approximate surface area is 196 Å². The third-order valence-corrected chi connectivity index (χ3v) is 8.95. The molecule has 0 amide bonds. The molecule has 33 heavy (non-hydrogen) atoms. The Bertz CT molecular complexity index is 1030. The zero-order valence-corrected chi connectivity index (χ0v) is 21.1. The summed E-state index contributed by atoms with van der Waals surface area (Å²) < 4.78 is 26.2. The van der Waals surface area contributed by atoms with Gasteiger partial charge in [0.1, 0.15) is 23.7 Å². The molecule has 12 nitrogen and oxygen atoms in total. The number of rotatable bonds is 13. The minimum atomic E-state index is -3.40. The van der Waals surface area contributed by atoms with E-state index in [9.17, 15) is 19.3 Å². The van der Waals surface area contributed by atoms with Crippen LogP contribution in [0.1, 0.15) is 41.0 Å². The number of esters is 1. The molecule has 0 saturated carbocycles. The van der Waals surface area contributed by atoms with E-state index < -0.39 is 30.1 Å². The maximum absolute atomic E-state index is 13.6. The van der Waals surface area contributed by atoms with E-state index in [1.807, 2.05) is 0 Å². The lowest BCUT2D eigenvalue weighted by Crippen LogP contribution is -2.45. The molecule has 2 aromatic rings. The van der Waals surface area contributed by atoms with Gasteiger partial charge in [0.25, 0.3) is 0 Å². The van der Waals surface area contributed by atoms with Crippen LogP contribution in [0.5, 0.6) is 0 Å². The Kier molecular flexibility index (Phi) is 9.24. The van der Waals surface area contributed by atoms with Gasteiger partial charge in [-0.25, -0.2) is 20.0 Å². The molecule has 184 valence electrons. The number of imidazole rings is 1. The van der Waals surface area contributed by atoms with E-state index >= 15 is 0 Å². The van der Waals surface area contributed by atoms with Crippen molar-refractivity contribution in [2.75, 3.05) is 17.8 Å². The van der Waals surface area contributed by atoms with E-state index in [1.54, 1.807) is 31.7 Å². The van der Waals surface area contributed by atoms with E-state index in [0.717, 1.165) is 11.4 Å². The average Bonchev–Trinajstić information content (AvgIpc) is 3.09. The molecular formula is C19H31N6O6PS. The van der Waals surface area contributed by atoms with Crippen molar-refractivity contribution in [1.29, 1.82) is 0 Å². The van der Waals surface area contributed by atoms with E-state index in [0.29, 0.717) is 17.7 Å². The van der Waals surface area contributed by atoms with Crippen molar-refractivity contribution < 1.29 is 28.7 Å². The number of hydrogen-bond acceptors (Lipinski definition) is 10. The predicted octanol–water partition coefficient (Wildman–Crippen LogP) is 2.49. The topological polar surface area (TPSA) is 172 Å². The highest BCUT2D eigenvalue weighted by molar-refractivity contribution is 8.57. The third-order valence-electron chi connectivity index (χ3n) is 4.37. The molecule has 0 fully saturated rings. The van der Waals surface area contributed by atoms with Crippen molar-refractivity contribution in [3.63, 3.8) is 0 Å². The number of carbonyl (C=O) groups is 2. The van der Waals surface area contributed by atoms with Crippen molar-refractivity contribution in [1.82, 2.24) is 24.6 Å². The maximum Gasteiger partial charge on any atom is 0.323 e. The van der Waals surface area contributed by atoms with Crippen LogP contribution >= 0.6 is 17.9 Å². The van der Waals surface area contributed by atoms with Crippen LogP contribution in [0.25, 0.3) is 11.2 Å². The van der Waals surface area contributed by atoms with Gasteiger partial charge in [-0.05, 0) is 34.6 Å². The molecule has 2 aromatic heterocycles. The van der Waals surface area contributed by atoms with Crippen LogP contribution in [0.2, 0.25) is 0 Å². The number of nitrogens with zero attached hydrogens (tertiary/aromatic N) is 4. The van der Waals surface area contributed by atoms with Crippen LogP contribution in [0, 0.1) is 0 Å². The molecule has 14 heteroatoms. The van der Waals surface area contributed by atoms with Crippen LogP contribution in [0.15, 0.2) is 12.7 Å². The Morgan fingerprint density at radius 2 is 2.00 bits per heavy atom. The first-order valence-corrected chi connectivity index (χ1v) is 13.8. The summed E-state index contributed by atoms with van der Waals surface area (Å²) in [6, 6.07) is 0. The van der Waals surface area contributed by atoms with Crippen LogP contribution in [-0.2, 0) is 30.2 Å². The number of aliphatic carboxylic acids is 1. The van der Waals surface area contributed by atoms with Crippen LogP contribution in [0.3, 0.4) is 0 Å². The average molecular weight is 503 g/mol. The lowest BCUT2D eigenvalue weighted by atomic mass is 10.1. The van der Waals surface area contributed by atoms with Gasteiger partial charge in [-0.15, -0.1) is 0 Å². The highest BCUT2D eigenvalue weighted by atomic mass is 32.7. The molecule has 0 aliphatic rings. The maximum atomic E-state index is 13.6. The number of nitrogen functional groups attached to an aromatic ring is 1. The van der Waals surface area contributed by atoms with E-state index in [1.165, 1.54) is 20.2 Å². The lowest BCUT2D eigenvalue weighted by molar-refractivity contribution is -0.147. The molecule has 2 atom stereocenters. The molecule has 4 N–H and O–H groups in total. The summed E-state index contributed by atoms with van der Waals surface area (Å²) in [4.78, 5) is 35.7. The number of fused-ring (bicyclic) bond motifs is 1. The van der Waals surface area contributed by atoms with Gasteiger partial charge in [-0.3, -0.25) is 14.2 Å². The molecule has 0 bridgehead atoms. The summed E-state index contributed by atoms with van der Waals surface area (Å²) >= 11 is 0.977. The molecule has 0 spiro atoms. The number of carboxylic acids is 1. The number of anilines is 1. The Hall–Kier alpha value is -2.21. The minimum absolute atomic E-state index is 0.0414. The third kappa shape index (κ3) is 7.95. The number of nitrogens with two attached hydrogens (primary N) is 1. The number of aromatic nitrogens is 4. The van der Waals surface area contributed by atoms with Crippen LogP contribution in [-0.4, -0.2) is 66.4 Å². The molecule has 2 rings (SSSR count). The number of hydrogen-bond donors (Lipinski definition) is 3. The summed E-state index contributed by atoms with van der Waals surface area (Å²) in [5.74, 6) is -1.11.